The zero-order valence-corrected chi connectivity index (χ0v) is 10.5. The van der Waals surface area contributed by atoms with Crippen molar-refractivity contribution in [3.8, 4) is 0 Å². The van der Waals surface area contributed by atoms with Crippen molar-refractivity contribution in [2.24, 2.45) is 0 Å². The van der Waals surface area contributed by atoms with E-state index in [2.05, 4.69) is 24.4 Å². The first kappa shape index (κ1) is 13.3. The van der Waals surface area contributed by atoms with Gasteiger partial charge in [-0.05, 0) is 25.7 Å². The van der Waals surface area contributed by atoms with Gasteiger partial charge >= 0.3 is 0 Å². The molecule has 0 aliphatic heterocycles. The Kier molecular flexibility index (Phi) is 6.95. The van der Waals surface area contributed by atoms with Crippen LogP contribution >= 0.6 is 0 Å². The van der Waals surface area contributed by atoms with Crippen LogP contribution in [0.5, 0.6) is 0 Å². The van der Waals surface area contributed by atoms with Crippen LogP contribution in [0, 0.1) is 0 Å². The van der Waals surface area contributed by atoms with Gasteiger partial charge in [0.1, 0.15) is 0 Å². The van der Waals surface area contributed by atoms with Crippen LogP contribution in [0.25, 0.3) is 0 Å². The highest BCUT2D eigenvalue weighted by Gasteiger charge is 2.11. The van der Waals surface area contributed by atoms with Crippen LogP contribution in [-0.2, 0) is 4.79 Å². The molecule has 0 fully saturated rings. The van der Waals surface area contributed by atoms with Gasteiger partial charge in [-0.3, -0.25) is 4.79 Å². The van der Waals surface area contributed by atoms with Crippen molar-refractivity contribution >= 4 is 5.91 Å². The molecular formula is C14H25NO. The van der Waals surface area contributed by atoms with Gasteiger partial charge in [0.05, 0.1) is 0 Å². The Morgan fingerprint density at radius 2 is 2.06 bits per heavy atom. The van der Waals surface area contributed by atoms with Crippen LogP contribution < -0.4 is 5.32 Å². The lowest BCUT2D eigenvalue weighted by molar-refractivity contribution is -0.121. The summed E-state index contributed by atoms with van der Waals surface area (Å²) in [6, 6.07) is 0.396. The van der Waals surface area contributed by atoms with E-state index in [0.29, 0.717) is 12.5 Å². The molecule has 16 heavy (non-hydrogen) atoms. The molecule has 92 valence electrons. The van der Waals surface area contributed by atoms with E-state index in [1.807, 2.05) is 0 Å². The number of nitrogens with one attached hydrogen (secondary N) is 1. The Balaban J connectivity index is 2.00. The molecule has 2 heteroatoms. The number of unbranched alkanes of at least 4 members (excludes halogenated alkanes) is 4. The Labute approximate surface area is 99.5 Å². The molecule has 1 aliphatic carbocycles. The highest BCUT2D eigenvalue weighted by Crippen LogP contribution is 2.11. The fourth-order valence-corrected chi connectivity index (χ4v) is 2.11. The number of hydrogen-bond donors (Lipinski definition) is 1. The lowest BCUT2D eigenvalue weighted by Gasteiger charge is -2.19. The second kappa shape index (κ2) is 8.37. The van der Waals surface area contributed by atoms with Crippen molar-refractivity contribution in [1.29, 1.82) is 0 Å². The molecule has 0 aromatic rings. The first-order chi connectivity index (χ1) is 7.83. The Bertz CT molecular complexity index is 223. The zero-order valence-electron chi connectivity index (χ0n) is 10.5. The maximum Gasteiger partial charge on any atom is 0.220 e. The van der Waals surface area contributed by atoms with E-state index in [1.165, 1.54) is 25.7 Å². The van der Waals surface area contributed by atoms with Crippen molar-refractivity contribution in [2.45, 2.75) is 70.8 Å². The van der Waals surface area contributed by atoms with Gasteiger partial charge in [0.15, 0.2) is 0 Å². The molecule has 1 N–H and O–H groups in total. The summed E-state index contributed by atoms with van der Waals surface area (Å²) in [4.78, 5) is 11.6. The fourth-order valence-electron chi connectivity index (χ4n) is 2.11. The molecule has 0 saturated carbocycles. The van der Waals surface area contributed by atoms with E-state index >= 15 is 0 Å². The van der Waals surface area contributed by atoms with E-state index in [4.69, 9.17) is 0 Å². The SMILES string of the molecule is CCCCCCCC(=O)NC1CC=CCC1. The van der Waals surface area contributed by atoms with Gasteiger partial charge in [0, 0.05) is 12.5 Å². The van der Waals surface area contributed by atoms with Gasteiger partial charge < -0.3 is 5.32 Å². The zero-order chi connectivity index (χ0) is 11.6. The van der Waals surface area contributed by atoms with Crippen LogP contribution in [-0.4, -0.2) is 11.9 Å². The van der Waals surface area contributed by atoms with Crippen LogP contribution in [0.3, 0.4) is 0 Å². The van der Waals surface area contributed by atoms with Crippen molar-refractivity contribution < 1.29 is 4.79 Å². The quantitative estimate of drug-likeness (QED) is 0.519. The molecule has 0 heterocycles. The fraction of sp³-hybridized carbons (Fsp3) is 0.786. The topological polar surface area (TPSA) is 29.1 Å². The summed E-state index contributed by atoms with van der Waals surface area (Å²) >= 11 is 0. The van der Waals surface area contributed by atoms with Crippen LogP contribution in [0.1, 0.15) is 64.7 Å². The number of carbonyl (C=O) groups excluding carboxylic acids is 1. The molecule has 1 rings (SSSR count). The van der Waals surface area contributed by atoms with Gasteiger partial charge in [0.2, 0.25) is 5.91 Å². The summed E-state index contributed by atoms with van der Waals surface area (Å²) in [7, 11) is 0. The molecule has 0 radical (unpaired) electrons. The van der Waals surface area contributed by atoms with Crippen LogP contribution in [0.15, 0.2) is 12.2 Å². The summed E-state index contributed by atoms with van der Waals surface area (Å²) < 4.78 is 0. The third kappa shape index (κ3) is 5.94. The predicted molar refractivity (Wildman–Crippen MR) is 68.3 cm³/mol. The first-order valence-electron chi connectivity index (χ1n) is 6.77. The summed E-state index contributed by atoms with van der Waals surface area (Å²) in [5, 5.41) is 3.12. The molecule has 0 aromatic carbocycles. The molecule has 0 spiro atoms. The average Bonchev–Trinajstić information content (AvgIpc) is 2.30. The summed E-state index contributed by atoms with van der Waals surface area (Å²) in [5.41, 5.74) is 0. The average molecular weight is 223 g/mol. The number of amides is 1. The minimum atomic E-state index is 0.247. The highest BCUT2D eigenvalue weighted by molar-refractivity contribution is 5.76. The van der Waals surface area contributed by atoms with E-state index in [-0.39, 0.29) is 5.91 Å². The molecule has 2 nitrogen and oxygen atoms in total. The Morgan fingerprint density at radius 1 is 1.25 bits per heavy atom. The molecule has 1 atom stereocenters. The van der Waals surface area contributed by atoms with Gasteiger partial charge in [0.25, 0.3) is 0 Å². The summed E-state index contributed by atoms with van der Waals surface area (Å²) in [6.07, 6.45) is 14.4. The Hall–Kier alpha value is -0.790. The van der Waals surface area contributed by atoms with Gasteiger partial charge in [-0.25, -0.2) is 0 Å². The monoisotopic (exact) mass is 223 g/mol. The maximum atomic E-state index is 11.6. The van der Waals surface area contributed by atoms with E-state index in [9.17, 15) is 4.79 Å². The van der Waals surface area contributed by atoms with Crippen molar-refractivity contribution in [3.05, 3.63) is 12.2 Å². The standard InChI is InChI=1S/C14H25NO/c1-2-3-4-5-9-12-14(16)15-13-10-7-6-8-11-13/h6-7,13H,2-5,8-12H2,1H3,(H,15,16). The number of rotatable bonds is 7. The number of carbonyl (C=O) groups is 1. The second-order valence-electron chi connectivity index (χ2n) is 4.71. The molecule has 0 aromatic heterocycles. The van der Waals surface area contributed by atoms with Crippen molar-refractivity contribution in [1.82, 2.24) is 5.32 Å². The van der Waals surface area contributed by atoms with E-state index < -0.39 is 0 Å². The van der Waals surface area contributed by atoms with Crippen molar-refractivity contribution in [3.63, 3.8) is 0 Å². The number of hydrogen-bond acceptors (Lipinski definition) is 1. The Morgan fingerprint density at radius 3 is 2.75 bits per heavy atom. The van der Waals surface area contributed by atoms with Gasteiger partial charge in [-0.1, -0.05) is 44.8 Å². The first-order valence-corrected chi connectivity index (χ1v) is 6.77. The van der Waals surface area contributed by atoms with Crippen LogP contribution in [0.2, 0.25) is 0 Å². The third-order valence-electron chi connectivity index (χ3n) is 3.14. The molecule has 0 bridgehead atoms. The van der Waals surface area contributed by atoms with E-state index in [0.717, 1.165) is 25.7 Å². The van der Waals surface area contributed by atoms with Gasteiger partial charge in [-0.2, -0.15) is 0 Å². The van der Waals surface area contributed by atoms with E-state index in [1.54, 1.807) is 0 Å². The van der Waals surface area contributed by atoms with Gasteiger partial charge in [-0.15, -0.1) is 0 Å². The molecule has 0 saturated heterocycles. The number of allylic oxidation sites excluding steroid dienone is 1. The maximum absolute atomic E-state index is 11.6. The lowest BCUT2D eigenvalue weighted by Crippen LogP contribution is -2.35. The van der Waals surface area contributed by atoms with Crippen molar-refractivity contribution in [2.75, 3.05) is 0 Å². The predicted octanol–water partition coefficient (Wildman–Crippen LogP) is 3.57. The lowest BCUT2D eigenvalue weighted by atomic mass is 10.0. The normalized spacial score (nSPS) is 19.7. The smallest absolute Gasteiger partial charge is 0.220 e. The summed E-state index contributed by atoms with van der Waals surface area (Å²) in [5.74, 6) is 0.247. The molecule has 1 aliphatic rings. The largest absolute Gasteiger partial charge is 0.353 e. The third-order valence-corrected chi connectivity index (χ3v) is 3.14. The minimum Gasteiger partial charge on any atom is -0.353 e. The molecule has 1 unspecified atom stereocenters. The van der Waals surface area contributed by atoms with Crippen LogP contribution in [0.4, 0.5) is 0 Å². The highest BCUT2D eigenvalue weighted by atomic mass is 16.1. The summed E-state index contributed by atoms with van der Waals surface area (Å²) in [6.45, 7) is 2.21. The molecular weight excluding hydrogens is 198 g/mol. The molecule has 1 amide bonds. The second-order valence-corrected chi connectivity index (χ2v) is 4.71. The minimum absolute atomic E-state index is 0.247.